The zero-order chi connectivity index (χ0) is 12.0. The minimum Gasteiger partial charge on any atom is -0.307 e. The molecule has 0 aromatic heterocycles. The zero-order valence-electron chi connectivity index (χ0n) is 10.4. The van der Waals surface area contributed by atoms with Crippen LogP contribution in [0.1, 0.15) is 23.1 Å². The van der Waals surface area contributed by atoms with Crippen molar-refractivity contribution in [2.24, 2.45) is 0 Å². The quantitative estimate of drug-likeness (QED) is 0.733. The van der Waals surface area contributed by atoms with Gasteiger partial charge in [-0.15, -0.1) is 0 Å². The number of nitrogens with zero attached hydrogens (tertiary/aromatic N) is 1. The monoisotopic (exact) mass is 230 g/mol. The van der Waals surface area contributed by atoms with E-state index in [4.69, 9.17) is 0 Å². The Morgan fingerprint density at radius 1 is 1.35 bits per heavy atom. The lowest BCUT2D eigenvalue weighted by Gasteiger charge is -2.41. The van der Waals surface area contributed by atoms with Crippen molar-refractivity contribution in [3.05, 3.63) is 28.8 Å². The van der Waals surface area contributed by atoms with E-state index >= 15 is 0 Å². The molecule has 1 aromatic rings. The predicted molar refractivity (Wildman–Crippen MR) is 68.4 cm³/mol. The molecule has 0 aliphatic carbocycles. The maximum atomic E-state index is 12.1. The number of benzene rings is 1. The maximum absolute atomic E-state index is 12.1. The first-order valence-electron chi connectivity index (χ1n) is 6.29. The van der Waals surface area contributed by atoms with Crippen LogP contribution in [0, 0.1) is 13.8 Å². The Morgan fingerprint density at radius 3 is 3.00 bits per heavy atom. The van der Waals surface area contributed by atoms with Gasteiger partial charge >= 0.3 is 0 Å². The number of piperazine rings is 1. The van der Waals surface area contributed by atoms with E-state index in [0.29, 0.717) is 12.6 Å². The highest BCUT2D eigenvalue weighted by molar-refractivity contribution is 5.97. The van der Waals surface area contributed by atoms with E-state index in [0.717, 1.165) is 25.1 Å². The van der Waals surface area contributed by atoms with Crippen LogP contribution in [0.15, 0.2) is 12.1 Å². The van der Waals surface area contributed by atoms with Crippen molar-refractivity contribution in [1.82, 2.24) is 5.32 Å². The molecule has 1 amide bonds. The van der Waals surface area contributed by atoms with Crippen molar-refractivity contribution in [2.75, 3.05) is 18.0 Å². The second-order valence-corrected chi connectivity index (χ2v) is 5.17. The first-order valence-corrected chi connectivity index (χ1v) is 6.29. The van der Waals surface area contributed by atoms with Crippen LogP contribution < -0.4 is 10.2 Å². The van der Waals surface area contributed by atoms with E-state index in [1.807, 2.05) is 4.90 Å². The van der Waals surface area contributed by atoms with Gasteiger partial charge in [0.25, 0.3) is 0 Å². The molecule has 3 heteroatoms. The molecule has 1 N–H and O–H groups in total. The number of anilines is 1. The molecule has 17 heavy (non-hydrogen) atoms. The standard InChI is InChI=1S/C14H18N2O/c1-9-5-10(2)12-4-3-11-7-15-8-14(17)16(11)13(12)6-9/h5-6,11,15H,3-4,7-8H2,1-2H3. The number of carbonyl (C=O) groups is 1. The van der Waals surface area contributed by atoms with Crippen molar-refractivity contribution in [3.8, 4) is 0 Å². The number of hydrogen-bond acceptors (Lipinski definition) is 2. The van der Waals surface area contributed by atoms with Gasteiger partial charge < -0.3 is 10.2 Å². The second-order valence-electron chi connectivity index (χ2n) is 5.17. The van der Waals surface area contributed by atoms with Gasteiger partial charge in [0.1, 0.15) is 0 Å². The Bertz CT molecular complexity index is 481. The summed E-state index contributed by atoms with van der Waals surface area (Å²) >= 11 is 0. The van der Waals surface area contributed by atoms with Gasteiger partial charge in [-0.3, -0.25) is 4.79 Å². The van der Waals surface area contributed by atoms with Crippen LogP contribution >= 0.6 is 0 Å². The molecule has 3 rings (SSSR count). The Morgan fingerprint density at radius 2 is 2.18 bits per heavy atom. The Kier molecular flexibility index (Phi) is 2.44. The summed E-state index contributed by atoms with van der Waals surface area (Å²) in [6.07, 6.45) is 2.17. The van der Waals surface area contributed by atoms with E-state index in [1.54, 1.807) is 0 Å². The number of amides is 1. The average molecular weight is 230 g/mol. The SMILES string of the molecule is Cc1cc(C)c2c(c1)N1C(=O)CNCC1CC2. The molecule has 1 aromatic carbocycles. The molecular formula is C14H18N2O. The fourth-order valence-electron chi connectivity index (χ4n) is 3.11. The largest absolute Gasteiger partial charge is 0.307 e. The Balaban J connectivity index is 2.13. The van der Waals surface area contributed by atoms with Gasteiger partial charge in [-0.25, -0.2) is 0 Å². The van der Waals surface area contributed by atoms with E-state index in [9.17, 15) is 4.79 Å². The first kappa shape index (κ1) is 10.8. The van der Waals surface area contributed by atoms with Gasteiger partial charge in [0.05, 0.1) is 6.54 Å². The van der Waals surface area contributed by atoms with Crippen molar-refractivity contribution < 1.29 is 4.79 Å². The Hall–Kier alpha value is -1.35. The molecule has 1 saturated heterocycles. The van der Waals surface area contributed by atoms with Crippen LogP contribution in [0.4, 0.5) is 5.69 Å². The van der Waals surface area contributed by atoms with Gasteiger partial charge in [0.15, 0.2) is 0 Å². The molecule has 0 bridgehead atoms. The van der Waals surface area contributed by atoms with Crippen molar-refractivity contribution in [3.63, 3.8) is 0 Å². The van der Waals surface area contributed by atoms with Gasteiger partial charge in [-0.05, 0) is 49.4 Å². The number of rotatable bonds is 0. The first-order chi connectivity index (χ1) is 8.16. The third-order valence-corrected chi connectivity index (χ3v) is 3.87. The van der Waals surface area contributed by atoms with E-state index in [1.165, 1.54) is 16.7 Å². The van der Waals surface area contributed by atoms with E-state index in [-0.39, 0.29) is 5.91 Å². The molecule has 0 spiro atoms. The summed E-state index contributed by atoms with van der Waals surface area (Å²) in [5, 5.41) is 3.20. The molecule has 2 heterocycles. The second kappa shape index (κ2) is 3.84. The number of fused-ring (bicyclic) bond motifs is 3. The van der Waals surface area contributed by atoms with E-state index in [2.05, 4.69) is 31.3 Å². The smallest absolute Gasteiger partial charge is 0.241 e. The molecule has 90 valence electrons. The summed E-state index contributed by atoms with van der Waals surface area (Å²) in [6.45, 7) is 5.66. The van der Waals surface area contributed by atoms with Gasteiger partial charge in [0.2, 0.25) is 5.91 Å². The number of carbonyl (C=O) groups excluding carboxylic acids is 1. The predicted octanol–water partition coefficient (Wildman–Crippen LogP) is 1.55. The molecule has 1 unspecified atom stereocenters. The van der Waals surface area contributed by atoms with Crippen LogP contribution in [-0.4, -0.2) is 25.0 Å². The van der Waals surface area contributed by atoms with Gasteiger partial charge in [-0.2, -0.15) is 0 Å². The van der Waals surface area contributed by atoms with Gasteiger partial charge in [0, 0.05) is 18.3 Å². The highest BCUT2D eigenvalue weighted by Crippen LogP contribution is 2.34. The maximum Gasteiger partial charge on any atom is 0.241 e. The molecule has 2 aliphatic heterocycles. The van der Waals surface area contributed by atoms with Gasteiger partial charge in [-0.1, -0.05) is 6.07 Å². The van der Waals surface area contributed by atoms with Crippen LogP contribution in [0.5, 0.6) is 0 Å². The molecule has 1 atom stereocenters. The van der Waals surface area contributed by atoms with E-state index < -0.39 is 0 Å². The third kappa shape index (κ3) is 1.65. The minimum absolute atomic E-state index is 0.215. The number of hydrogen-bond donors (Lipinski definition) is 1. The highest BCUT2D eigenvalue weighted by atomic mass is 16.2. The van der Waals surface area contributed by atoms with Crippen molar-refractivity contribution >= 4 is 11.6 Å². The molecule has 0 radical (unpaired) electrons. The Labute approximate surface area is 102 Å². The molecule has 2 aliphatic rings. The average Bonchev–Trinajstić information content (AvgIpc) is 2.28. The topological polar surface area (TPSA) is 32.3 Å². The lowest BCUT2D eigenvalue weighted by Crippen LogP contribution is -2.57. The lowest BCUT2D eigenvalue weighted by atomic mass is 9.90. The molecular weight excluding hydrogens is 212 g/mol. The summed E-state index contributed by atoms with van der Waals surface area (Å²) in [4.78, 5) is 14.1. The fraction of sp³-hybridized carbons (Fsp3) is 0.500. The summed E-state index contributed by atoms with van der Waals surface area (Å²) in [5.41, 5.74) is 5.09. The lowest BCUT2D eigenvalue weighted by molar-refractivity contribution is -0.119. The highest BCUT2D eigenvalue weighted by Gasteiger charge is 2.34. The zero-order valence-corrected chi connectivity index (χ0v) is 10.4. The summed E-state index contributed by atoms with van der Waals surface area (Å²) < 4.78 is 0. The summed E-state index contributed by atoms with van der Waals surface area (Å²) in [6, 6.07) is 4.73. The summed E-state index contributed by atoms with van der Waals surface area (Å²) in [7, 11) is 0. The minimum atomic E-state index is 0.215. The summed E-state index contributed by atoms with van der Waals surface area (Å²) in [5.74, 6) is 0.215. The number of aryl methyl sites for hydroxylation is 2. The van der Waals surface area contributed by atoms with Crippen molar-refractivity contribution in [1.29, 1.82) is 0 Å². The van der Waals surface area contributed by atoms with Crippen LogP contribution in [-0.2, 0) is 11.2 Å². The molecule has 1 fully saturated rings. The van der Waals surface area contributed by atoms with Crippen molar-refractivity contribution in [2.45, 2.75) is 32.7 Å². The van der Waals surface area contributed by atoms with Crippen LogP contribution in [0.3, 0.4) is 0 Å². The molecule has 0 saturated carbocycles. The van der Waals surface area contributed by atoms with Crippen LogP contribution in [0.25, 0.3) is 0 Å². The van der Waals surface area contributed by atoms with Crippen LogP contribution in [0.2, 0.25) is 0 Å². The molecule has 3 nitrogen and oxygen atoms in total. The fourth-order valence-corrected chi connectivity index (χ4v) is 3.11. The third-order valence-electron chi connectivity index (χ3n) is 3.87. The normalized spacial score (nSPS) is 23.3. The number of nitrogens with one attached hydrogen (secondary N) is 1.